The summed E-state index contributed by atoms with van der Waals surface area (Å²) in [6.07, 6.45) is 0. The van der Waals surface area contributed by atoms with Gasteiger partial charge >= 0.3 is 0 Å². The van der Waals surface area contributed by atoms with Crippen LogP contribution in [0, 0.1) is 6.92 Å². The fourth-order valence-corrected chi connectivity index (χ4v) is 3.22. The number of carbonyl (C=O) groups excluding carboxylic acids is 1. The van der Waals surface area contributed by atoms with Crippen LogP contribution in [0.5, 0.6) is 0 Å². The minimum Gasteiger partial charge on any atom is -0.374 e. The van der Waals surface area contributed by atoms with Crippen molar-refractivity contribution in [3.8, 4) is 0 Å². The zero-order chi connectivity index (χ0) is 14.5. The number of aryl methyl sites for hydroxylation is 1. The molecule has 7 heteroatoms. The molecule has 2 N–H and O–H groups in total. The Morgan fingerprint density at radius 3 is 2.80 bits per heavy atom. The Bertz CT molecular complexity index is 600. The molecule has 0 bridgehead atoms. The van der Waals surface area contributed by atoms with Crippen LogP contribution in [0.2, 0.25) is 0 Å². The van der Waals surface area contributed by atoms with Crippen LogP contribution in [0.1, 0.15) is 11.1 Å². The highest BCUT2D eigenvalue weighted by Gasteiger charge is 2.12. The van der Waals surface area contributed by atoms with Crippen LogP contribution in [0.4, 0.5) is 5.13 Å². The second-order valence-electron chi connectivity index (χ2n) is 4.37. The predicted molar refractivity (Wildman–Crippen MR) is 82.7 cm³/mol. The first-order valence-corrected chi connectivity index (χ1v) is 7.86. The molecule has 5 nitrogen and oxygen atoms in total. The van der Waals surface area contributed by atoms with Crippen molar-refractivity contribution in [1.82, 2.24) is 15.1 Å². The van der Waals surface area contributed by atoms with Gasteiger partial charge < -0.3 is 10.6 Å². The lowest BCUT2D eigenvalue weighted by atomic mass is 10.1. The van der Waals surface area contributed by atoms with Gasteiger partial charge in [0.05, 0.1) is 5.75 Å². The summed E-state index contributed by atoms with van der Waals surface area (Å²) in [6, 6.07) is 8.07. The SMILES string of the molecule is Cc1ccccc1CN(C)C(=O)CSc1nnc(N)s1. The van der Waals surface area contributed by atoms with Gasteiger partial charge in [-0.3, -0.25) is 4.79 Å². The summed E-state index contributed by atoms with van der Waals surface area (Å²) in [4.78, 5) is 13.8. The molecule has 0 saturated heterocycles. The fourth-order valence-electron chi connectivity index (χ4n) is 1.64. The summed E-state index contributed by atoms with van der Waals surface area (Å²) in [5, 5.41) is 8.02. The van der Waals surface area contributed by atoms with Crippen molar-refractivity contribution in [3.63, 3.8) is 0 Å². The van der Waals surface area contributed by atoms with Crippen LogP contribution in [0.3, 0.4) is 0 Å². The summed E-state index contributed by atoms with van der Waals surface area (Å²) < 4.78 is 0.722. The topological polar surface area (TPSA) is 72.1 Å². The largest absolute Gasteiger partial charge is 0.374 e. The summed E-state index contributed by atoms with van der Waals surface area (Å²) in [7, 11) is 1.81. The van der Waals surface area contributed by atoms with E-state index in [4.69, 9.17) is 5.73 Å². The van der Waals surface area contributed by atoms with Gasteiger partial charge in [0.15, 0.2) is 4.34 Å². The monoisotopic (exact) mass is 308 g/mol. The highest BCUT2D eigenvalue weighted by atomic mass is 32.2. The maximum Gasteiger partial charge on any atom is 0.233 e. The molecule has 20 heavy (non-hydrogen) atoms. The van der Waals surface area contributed by atoms with Crippen LogP contribution in [0.15, 0.2) is 28.6 Å². The summed E-state index contributed by atoms with van der Waals surface area (Å²) in [6.45, 7) is 2.66. The Kier molecular flexibility index (Phi) is 4.97. The van der Waals surface area contributed by atoms with E-state index < -0.39 is 0 Å². The standard InChI is InChI=1S/C13H16N4OS2/c1-9-5-3-4-6-10(9)7-17(2)11(18)8-19-13-16-15-12(14)20-13/h3-6H,7-8H2,1-2H3,(H2,14,15). The number of rotatable bonds is 5. The van der Waals surface area contributed by atoms with Crippen molar-refractivity contribution in [3.05, 3.63) is 35.4 Å². The molecule has 0 atom stereocenters. The van der Waals surface area contributed by atoms with Crippen molar-refractivity contribution in [1.29, 1.82) is 0 Å². The van der Waals surface area contributed by atoms with Gasteiger partial charge in [0.25, 0.3) is 0 Å². The Labute approximate surface area is 126 Å². The minimum absolute atomic E-state index is 0.0621. The van der Waals surface area contributed by atoms with Crippen molar-refractivity contribution in [2.75, 3.05) is 18.5 Å². The van der Waals surface area contributed by atoms with E-state index in [1.165, 1.54) is 28.7 Å². The molecule has 0 radical (unpaired) electrons. The van der Waals surface area contributed by atoms with E-state index in [0.717, 1.165) is 9.90 Å². The zero-order valence-electron chi connectivity index (χ0n) is 11.4. The average molecular weight is 308 g/mol. The number of anilines is 1. The predicted octanol–water partition coefficient (Wildman–Crippen LogP) is 2.18. The smallest absolute Gasteiger partial charge is 0.233 e. The lowest BCUT2D eigenvalue weighted by Gasteiger charge is -2.18. The molecule has 1 amide bonds. The van der Waals surface area contributed by atoms with Crippen molar-refractivity contribution < 1.29 is 4.79 Å². The molecule has 0 spiro atoms. The summed E-state index contributed by atoms with van der Waals surface area (Å²) >= 11 is 2.66. The Hall–Kier alpha value is -1.60. The Morgan fingerprint density at radius 2 is 2.15 bits per heavy atom. The van der Waals surface area contributed by atoms with Gasteiger partial charge in [-0.15, -0.1) is 10.2 Å². The lowest BCUT2D eigenvalue weighted by molar-refractivity contribution is -0.127. The van der Waals surface area contributed by atoms with Gasteiger partial charge in [0, 0.05) is 13.6 Å². The van der Waals surface area contributed by atoms with E-state index in [-0.39, 0.29) is 5.91 Å². The summed E-state index contributed by atoms with van der Waals surface area (Å²) in [5.41, 5.74) is 7.85. The molecule has 0 fully saturated rings. The molecule has 1 aromatic carbocycles. The van der Waals surface area contributed by atoms with E-state index >= 15 is 0 Å². The van der Waals surface area contributed by atoms with Crippen molar-refractivity contribution >= 4 is 34.1 Å². The molecule has 0 aliphatic rings. The third-order valence-electron chi connectivity index (χ3n) is 2.84. The first-order chi connectivity index (χ1) is 9.56. The van der Waals surface area contributed by atoms with Crippen molar-refractivity contribution in [2.45, 2.75) is 17.8 Å². The van der Waals surface area contributed by atoms with Gasteiger partial charge in [-0.05, 0) is 18.1 Å². The third kappa shape index (κ3) is 3.94. The number of benzene rings is 1. The quantitative estimate of drug-likeness (QED) is 0.857. The average Bonchev–Trinajstić information content (AvgIpc) is 2.84. The van der Waals surface area contributed by atoms with Crippen molar-refractivity contribution in [2.24, 2.45) is 0 Å². The first-order valence-electron chi connectivity index (χ1n) is 6.06. The van der Waals surface area contributed by atoms with E-state index in [0.29, 0.717) is 17.4 Å². The first kappa shape index (κ1) is 14.8. The highest BCUT2D eigenvalue weighted by molar-refractivity contribution is 8.01. The maximum atomic E-state index is 12.1. The number of hydrogen-bond acceptors (Lipinski definition) is 6. The Balaban J connectivity index is 1.87. The Morgan fingerprint density at radius 1 is 1.40 bits per heavy atom. The van der Waals surface area contributed by atoms with Gasteiger partial charge in [-0.2, -0.15) is 0 Å². The number of carbonyl (C=O) groups is 1. The molecule has 0 aliphatic heterocycles. The minimum atomic E-state index is 0.0621. The highest BCUT2D eigenvalue weighted by Crippen LogP contribution is 2.23. The van der Waals surface area contributed by atoms with E-state index in [1.807, 2.05) is 38.2 Å². The number of nitrogens with two attached hydrogens (primary N) is 1. The third-order valence-corrected chi connectivity index (χ3v) is 4.71. The van der Waals surface area contributed by atoms with E-state index in [1.54, 1.807) is 4.90 Å². The van der Waals surface area contributed by atoms with Crippen LogP contribution in [0.25, 0.3) is 0 Å². The number of aromatic nitrogens is 2. The number of hydrogen-bond donors (Lipinski definition) is 1. The van der Waals surface area contributed by atoms with Gasteiger partial charge in [0.2, 0.25) is 11.0 Å². The molecule has 1 aromatic heterocycles. The van der Waals surface area contributed by atoms with E-state index in [2.05, 4.69) is 10.2 Å². The molecular weight excluding hydrogens is 292 g/mol. The molecule has 0 aliphatic carbocycles. The molecule has 0 unspecified atom stereocenters. The fraction of sp³-hybridized carbons (Fsp3) is 0.308. The molecule has 1 heterocycles. The molecule has 106 valence electrons. The number of thioether (sulfide) groups is 1. The van der Waals surface area contributed by atoms with Gasteiger partial charge in [-0.25, -0.2) is 0 Å². The lowest BCUT2D eigenvalue weighted by Crippen LogP contribution is -2.28. The number of nitrogen functional groups attached to an aromatic ring is 1. The van der Waals surface area contributed by atoms with Gasteiger partial charge in [-0.1, -0.05) is 47.4 Å². The van der Waals surface area contributed by atoms with Crippen LogP contribution in [-0.4, -0.2) is 33.8 Å². The summed E-state index contributed by atoms with van der Waals surface area (Å²) in [5.74, 6) is 0.406. The zero-order valence-corrected chi connectivity index (χ0v) is 13.0. The second-order valence-corrected chi connectivity index (χ2v) is 6.60. The molecule has 2 rings (SSSR count). The van der Waals surface area contributed by atoms with Gasteiger partial charge in [0.1, 0.15) is 0 Å². The number of nitrogens with zero attached hydrogens (tertiary/aromatic N) is 3. The maximum absolute atomic E-state index is 12.1. The molecule has 2 aromatic rings. The molecular formula is C13H16N4OS2. The van der Waals surface area contributed by atoms with Crippen LogP contribution < -0.4 is 5.73 Å². The second kappa shape index (κ2) is 6.71. The molecule has 0 saturated carbocycles. The van der Waals surface area contributed by atoms with Crippen LogP contribution >= 0.6 is 23.1 Å². The van der Waals surface area contributed by atoms with Crippen LogP contribution in [-0.2, 0) is 11.3 Å². The normalized spacial score (nSPS) is 10.5. The van der Waals surface area contributed by atoms with E-state index in [9.17, 15) is 4.79 Å². The number of amides is 1.